The van der Waals surface area contributed by atoms with Crippen molar-refractivity contribution in [2.75, 3.05) is 5.73 Å². The van der Waals surface area contributed by atoms with Gasteiger partial charge in [0.15, 0.2) is 5.65 Å². The van der Waals surface area contributed by atoms with Crippen LogP contribution in [0.3, 0.4) is 0 Å². The molecule has 3 aromatic carbocycles. The molecule has 5 aromatic rings. The zero-order valence-corrected chi connectivity index (χ0v) is 17.4. The number of fused-ring (bicyclic) bond motifs is 2. The van der Waals surface area contributed by atoms with E-state index in [0.29, 0.717) is 34.3 Å². The quantitative estimate of drug-likeness (QED) is 0.403. The first-order valence-corrected chi connectivity index (χ1v) is 10.3. The zero-order valence-electron chi connectivity index (χ0n) is 17.4. The van der Waals surface area contributed by atoms with E-state index >= 15 is 0 Å². The second-order valence-corrected chi connectivity index (χ2v) is 7.42. The van der Waals surface area contributed by atoms with Gasteiger partial charge in [0.1, 0.15) is 22.7 Å². The maximum absolute atomic E-state index is 13.2. The molecule has 0 fully saturated rings. The molecule has 0 saturated carbocycles. The minimum atomic E-state index is -0.373. The van der Waals surface area contributed by atoms with E-state index in [1.807, 2.05) is 54.6 Å². The first-order valence-electron chi connectivity index (χ1n) is 10.3. The number of anilines is 1. The molecule has 0 bridgehead atoms. The highest BCUT2D eigenvalue weighted by Gasteiger charge is 2.24. The molecule has 2 aromatic heterocycles. The molecule has 2 heterocycles. The number of nitrogens with zero attached hydrogens (tertiary/aromatic N) is 4. The number of nitrogen functional groups attached to an aromatic ring is 1. The Morgan fingerprint density at radius 1 is 0.970 bits per heavy atom. The van der Waals surface area contributed by atoms with Crippen LogP contribution in [-0.2, 0) is 6.54 Å². The first-order chi connectivity index (χ1) is 16.1. The lowest BCUT2D eigenvalue weighted by atomic mass is 10.2. The number of hydrogen-bond donors (Lipinski definition) is 2. The van der Waals surface area contributed by atoms with Gasteiger partial charge in [-0.05, 0) is 35.4 Å². The third kappa shape index (κ3) is 4.01. The molecule has 0 aliphatic carbocycles. The van der Waals surface area contributed by atoms with E-state index in [4.69, 9.17) is 5.73 Å². The highest BCUT2D eigenvalue weighted by molar-refractivity contribution is 6.10. The Labute approximate surface area is 188 Å². The van der Waals surface area contributed by atoms with Gasteiger partial charge in [-0.3, -0.25) is 4.79 Å². The normalized spacial score (nSPS) is 11.4. The molecular weight excluding hydrogens is 419 g/mol. The Morgan fingerprint density at radius 3 is 2.36 bits per heavy atom. The molecule has 3 N–H and O–H groups in total. The second kappa shape index (κ2) is 8.51. The zero-order chi connectivity index (χ0) is 22.8. The van der Waals surface area contributed by atoms with Gasteiger partial charge in [0.25, 0.3) is 5.91 Å². The number of nitrogens with one attached hydrogen (secondary N) is 1. The Kier molecular flexibility index (Phi) is 5.24. The van der Waals surface area contributed by atoms with Crippen LogP contribution in [0.4, 0.5) is 10.2 Å². The fourth-order valence-corrected chi connectivity index (χ4v) is 3.53. The Morgan fingerprint density at radius 2 is 1.64 bits per heavy atom. The first kappa shape index (κ1) is 20.3. The fraction of sp³-hybridized carbons (Fsp3) is 0.0400. The number of hydrogen-bond acceptors (Lipinski definition) is 5. The van der Waals surface area contributed by atoms with Gasteiger partial charge >= 0.3 is 0 Å². The molecule has 7 nitrogen and oxygen atoms in total. The molecule has 5 rings (SSSR count). The summed E-state index contributed by atoms with van der Waals surface area (Å²) in [6, 6.07) is 22.8. The van der Waals surface area contributed by atoms with Crippen molar-refractivity contribution in [1.29, 1.82) is 0 Å². The minimum absolute atomic E-state index is 0.115. The Bertz CT molecular complexity index is 1490. The lowest BCUT2D eigenvalue weighted by molar-refractivity contribution is 0.0953. The number of halogens is 1. The number of aromatic nitrogens is 3. The summed E-state index contributed by atoms with van der Waals surface area (Å²) in [5.41, 5.74) is 10.2. The monoisotopic (exact) mass is 438 g/mol. The number of amides is 1. The van der Waals surface area contributed by atoms with E-state index in [9.17, 15) is 9.18 Å². The van der Waals surface area contributed by atoms with Crippen LogP contribution in [0.15, 0.2) is 84.0 Å². The van der Waals surface area contributed by atoms with Gasteiger partial charge in [0.2, 0.25) is 0 Å². The SMILES string of the molecule is Nc1c(C(=O)NCc2ccccc2)c2nc3ccccc3nc2n1/N=C/c1ccc(F)cc1. The van der Waals surface area contributed by atoms with E-state index in [2.05, 4.69) is 20.4 Å². The fourth-order valence-electron chi connectivity index (χ4n) is 3.53. The predicted molar refractivity (Wildman–Crippen MR) is 126 cm³/mol. The van der Waals surface area contributed by atoms with Crippen LogP contribution in [0.25, 0.3) is 22.2 Å². The maximum atomic E-state index is 13.2. The summed E-state index contributed by atoms with van der Waals surface area (Å²) in [6.07, 6.45) is 1.53. The molecule has 8 heteroatoms. The highest BCUT2D eigenvalue weighted by atomic mass is 19.1. The highest BCUT2D eigenvalue weighted by Crippen LogP contribution is 2.28. The molecule has 0 aliphatic rings. The Balaban J connectivity index is 1.60. The largest absolute Gasteiger partial charge is 0.383 e. The van der Waals surface area contributed by atoms with Crippen LogP contribution in [0.5, 0.6) is 0 Å². The number of benzene rings is 3. The second-order valence-electron chi connectivity index (χ2n) is 7.42. The lowest BCUT2D eigenvalue weighted by Gasteiger charge is -2.05. The molecule has 0 atom stereocenters. The number of nitrogens with two attached hydrogens (primary N) is 1. The Hall–Kier alpha value is -4.59. The molecule has 0 saturated heterocycles. The van der Waals surface area contributed by atoms with Crippen LogP contribution in [-0.4, -0.2) is 26.8 Å². The van der Waals surface area contributed by atoms with Crippen molar-refractivity contribution in [3.8, 4) is 0 Å². The van der Waals surface area contributed by atoms with Crippen molar-refractivity contribution < 1.29 is 9.18 Å². The lowest BCUT2D eigenvalue weighted by Crippen LogP contribution is -2.23. The standard InChI is InChI=1S/C25H19FN6O/c26-18-12-10-17(11-13-18)15-29-32-23(27)21(25(33)28-14-16-6-2-1-3-7-16)22-24(32)31-20-9-5-4-8-19(20)30-22/h1-13,15H,14,27H2,(H,28,33)/b29-15+. The van der Waals surface area contributed by atoms with Gasteiger partial charge in [0, 0.05) is 6.54 Å². The molecule has 162 valence electrons. The molecular formula is C25H19FN6O. The molecule has 0 aliphatic heterocycles. The number of rotatable bonds is 5. The van der Waals surface area contributed by atoms with Gasteiger partial charge in [-0.1, -0.05) is 54.6 Å². The van der Waals surface area contributed by atoms with E-state index in [1.54, 1.807) is 12.1 Å². The average Bonchev–Trinajstić information content (AvgIpc) is 3.11. The summed E-state index contributed by atoms with van der Waals surface area (Å²) in [7, 11) is 0. The summed E-state index contributed by atoms with van der Waals surface area (Å²) < 4.78 is 14.6. The van der Waals surface area contributed by atoms with Gasteiger partial charge in [-0.25, -0.2) is 14.4 Å². The van der Waals surface area contributed by atoms with Gasteiger partial charge < -0.3 is 11.1 Å². The van der Waals surface area contributed by atoms with Gasteiger partial charge in [-0.15, -0.1) is 0 Å². The summed E-state index contributed by atoms with van der Waals surface area (Å²) in [5, 5.41) is 7.32. The van der Waals surface area contributed by atoms with Crippen molar-refractivity contribution in [2.45, 2.75) is 6.54 Å². The maximum Gasteiger partial charge on any atom is 0.257 e. The van der Waals surface area contributed by atoms with Crippen molar-refractivity contribution in [2.24, 2.45) is 5.10 Å². The molecule has 33 heavy (non-hydrogen) atoms. The third-order valence-electron chi connectivity index (χ3n) is 5.19. The number of carbonyl (C=O) groups excluding carboxylic acids is 1. The third-order valence-corrected chi connectivity index (χ3v) is 5.19. The average molecular weight is 438 g/mol. The molecule has 0 radical (unpaired) electrons. The van der Waals surface area contributed by atoms with E-state index in [0.717, 1.165) is 5.56 Å². The summed E-state index contributed by atoms with van der Waals surface area (Å²) >= 11 is 0. The molecule has 0 unspecified atom stereocenters. The van der Waals surface area contributed by atoms with Gasteiger partial charge in [0.05, 0.1) is 17.2 Å². The molecule has 1 amide bonds. The van der Waals surface area contributed by atoms with Crippen LogP contribution in [0.1, 0.15) is 21.5 Å². The van der Waals surface area contributed by atoms with E-state index in [-0.39, 0.29) is 23.1 Å². The van der Waals surface area contributed by atoms with Crippen molar-refractivity contribution in [3.63, 3.8) is 0 Å². The van der Waals surface area contributed by atoms with Crippen LogP contribution < -0.4 is 11.1 Å². The predicted octanol–water partition coefficient (Wildman–Crippen LogP) is 4.12. The van der Waals surface area contributed by atoms with Crippen molar-refractivity contribution in [1.82, 2.24) is 20.0 Å². The van der Waals surface area contributed by atoms with Crippen LogP contribution >= 0.6 is 0 Å². The topological polar surface area (TPSA) is 98.2 Å². The van der Waals surface area contributed by atoms with E-state index < -0.39 is 0 Å². The summed E-state index contributed by atoms with van der Waals surface area (Å²) in [6.45, 7) is 0.339. The van der Waals surface area contributed by atoms with Gasteiger partial charge in [-0.2, -0.15) is 9.78 Å². The smallest absolute Gasteiger partial charge is 0.257 e. The summed E-state index contributed by atoms with van der Waals surface area (Å²) in [5.74, 6) is -0.598. The van der Waals surface area contributed by atoms with Crippen molar-refractivity contribution in [3.05, 3.63) is 101 Å². The molecule has 0 spiro atoms. The number of para-hydroxylation sites is 2. The summed E-state index contributed by atoms with van der Waals surface area (Å²) in [4.78, 5) is 22.5. The van der Waals surface area contributed by atoms with Crippen LogP contribution in [0.2, 0.25) is 0 Å². The minimum Gasteiger partial charge on any atom is -0.383 e. The van der Waals surface area contributed by atoms with Crippen LogP contribution in [0, 0.1) is 5.82 Å². The van der Waals surface area contributed by atoms with Crippen molar-refractivity contribution >= 4 is 40.1 Å². The number of carbonyl (C=O) groups is 1. The van der Waals surface area contributed by atoms with E-state index in [1.165, 1.54) is 23.0 Å².